The molecule has 0 bridgehead atoms. The van der Waals surface area contributed by atoms with Gasteiger partial charge in [0.2, 0.25) is 5.91 Å². The first-order chi connectivity index (χ1) is 12.8. The number of thioether (sulfide) groups is 1. The van der Waals surface area contributed by atoms with Crippen LogP contribution in [0.4, 0.5) is 10.2 Å². The quantitative estimate of drug-likeness (QED) is 0.835. The molecule has 2 aliphatic rings. The lowest BCUT2D eigenvalue weighted by Gasteiger charge is -2.36. The predicted molar refractivity (Wildman–Crippen MR) is 105 cm³/mol. The van der Waals surface area contributed by atoms with E-state index in [-0.39, 0.29) is 28.6 Å². The zero-order chi connectivity index (χ0) is 19.2. The molecular weight excluding hydrogens is 365 g/mol. The Morgan fingerprint density at radius 2 is 2.07 bits per heavy atom. The van der Waals surface area contributed by atoms with Crippen LogP contribution in [0.1, 0.15) is 54.8 Å². The highest BCUT2D eigenvalue weighted by atomic mass is 32.2. The highest BCUT2D eigenvalue weighted by Crippen LogP contribution is 2.45. The van der Waals surface area contributed by atoms with Crippen molar-refractivity contribution in [2.45, 2.75) is 50.5 Å². The van der Waals surface area contributed by atoms with Crippen molar-refractivity contribution in [1.82, 2.24) is 9.78 Å². The second-order valence-electron chi connectivity index (χ2n) is 7.84. The molecule has 4 rings (SSSR count). The normalized spacial score (nSPS) is 24.8. The number of amides is 1. The third kappa shape index (κ3) is 3.62. The van der Waals surface area contributed by atoms with E-state index in [1.165, 1.54) is 12.1 Å². The molecule has 1 fully saturated rings. The molecule has 1 aromatic carbocycles. The van der Waals surface area contributed by atoms with Crippen LogP contribution < -0.4 is 5.32 Å². The van der Waals surface area contributed by atoms with Crippen molar-refractivity contribution in [3.8, 4) is 0 Å². The molecule has 2 aliphatic heterocycles. The Hall–Kier alpha value is -1.86. The number of carbonyl (C=O) groups excluding carboxylic acids is 1. The van der Waals surface area contributed by atoms with Gasteiger partial charge in [0.15, 0.2) is 0 Å². The lowest BCUT2D eigenvalue weighted by molar-refractivity contribution is -0.113. The van der Waals surface area contributed by atoms with E-state index >= 15 is 0 Å². The summed E-state index contributed by atoms with van der Waals surface area (Å²) in [5, 5.41) is 7.83. The van der Waals surface area contributed by atoms with Gasteiger partial charge >= 0.3 is 0 Å². The van der Waals surface area contributed by atoms with Gasteiger partial charge < -0.3 is 10.1 Å². The van der Waals surface area contributed by atoms with Crippen LogP contribution in [0.2, 0.25) is 0 Å². The van der Waals surface area contributed by atoms with Gasteiger partial charge in [0.25, 0.3) is 0 Å². The fourth-order valence-electron chi connectivity index (χ4n) is 3.98. The SMILES string of the molecule is Cc1nn([C@H]2CCOC(C)(C)C2)c2c1[C@@H](c1ccc(F)cc1)SCC(=O)N2. The number of aryl methyl sites for hydroxylation is 1. The molecule has 0 spiro atoms. The van der Waals surface area contributed by atoms with Crippen molar-refractivity contribution in [2.24, 2.45) is 0 Å². The smallest absolute Gasteiger partial charge is 0.235 e. The van der Waals surface area contributed by atoms with Crippen molar-refractivity contribution in [2.75, 3.05) is 17.7 Å². The molecule has 1 N–H and O–H groups in total. The molecule has 144 valence electrons. The van der Waals surface area contributed by atoms with Crippen LogP contribution >= 0.6 is 11.8 Å². The second kappa shape index (κ2) is 6.95. The molecule has 0 radical (unpaired) electrons. The predicted octanol–water partition coefficient (Wildman–Crippen LogP) is 4.24. The molecule has 2 atom stereocenters. The van der Waals surface area contributed by atoms with Gasteiger partial charge in [-0.1, -0.05) is 12.1 Å². The van der Waals surface area contributed by atoms with Crippen LogP contribution in [0.25, 0.3) is 0 Å². The number of nitrogens with zero attached hydrogens (tertiary/aromatic N) is 2. The Morgan fingerprint density at radius 1 is 1.33 bits per heavy atom. The number of hydrogen-bond acceptors (Lipinski definition) is 4. The molecular formula is C20H24FN3O2S. The highest BCUT2D eigenvalue weighted by Gasteiger charge is 2.36. The monoisotopic (exact) mass is 389 g/mol. The van der Waals surface area contributed by atoms with Gasteiger partial charge in [0, 0.05) is 12.2 Å². The summed E-state index contributed by atoms with van der Waals surface area (Å²) in [5.41, 5.74) is 2.68. The number of hydrogen-bond donors (Lipinski definition) is 1. The van der Waals surface area contributed by atoms with Crippen LogP contribution in [0.3, 0.4) is 0 Å². The molecule has 27 heavy (non-hydrogen) atoms. The molecule has 0 saturated carbocycles. The average molecular weight is 389 g/mol. The number of rotatable bonds is 2. The average Bonchev–Trinajstić information content (AvgIpc) is 2.81. The minimum atomic E-state index is -0.261. The third-order valence-corrected chi connectivity index (χ3v) is 6.49. The number of carbonyl (C=O) groups is 1. The van der Waals surface area contributed by atoms with E-state index in [0.29, 0.717) is 12.4 Å². The van der Waals surface area contributed by atoms with E-state index in [1.54, 1.807) is 23.9 Å². The van der Waals surface area contributed by atoms with Gasteiger partial charge in [-0.15, -0.1) is 11.8 Å². The molecule has 1 saturated heterocycles. The first kappa shape index (κ1) is 18.5. The van der Waals surface area contributed by atoms with E-state index in [4.69, 9.17) is 9.84 Å². The van der Waals surface area contributed by atoms with E-state index < -0.39 is 0 Å². The Labute approximate surface area is 162 Å². The fraction of sp³-hybridized carbons (Fsp3) is 0.500. The zero-order valence-corrected chi connectivity index (χ0v) is 16.6. The molecule has 3 heterocycles. The van der Waals surface area contributed by atoms with Gasteiger partial charge in [0.1, 0.15) is 11.6 Å². The summed E-state index contributed by atoms with van der Waals surface area (Å²) in [6, 6.07) is 6.70. The minimum absolute atomic E-state index is 0.0293. The van der Waals surface area contributed by atoms with Crippen LogP contribution in [0, 0.1) is 12.7 Å². The summed E-state index contributed by atoms with van der Waals surface area (Å²) in [6.07, 6.45) is 1.70. The Morgan fingerprint density at radius 3 is 2.78 bits per heavy atom. The summed E-state index contributed by atoms with van der Waals surface area (Å²) in [4.78, 5) is 12.4. The second-order valence-corrected chi connectivity index (χ2v) is 8.93. The summed E-state index contributed by atoms with van der Waals surface area (Å²) < 4.78 is 21.2. The van der Waals surface area contributed by atoms with E-state index in [2.05, 4.69) is 19.2 Å². The van der Waals surface area contributed by atoms with Crippen molar-refractivity contribution < 1.29 is 13.9 Å². The number of benzene rings is 1. The summed E-state index contributed by atoms with van der Waals surface area (Å²) in [7, 11) is 0. The maximum Gasteiger partial charge on any atom is 0.235 e. The highest BCUT2D eigenvalue weighted by molar-refractivity contribution is 8.00. The summed E-state index contributed by atoms with van der Waals surface area (Å²) in [5.74, 6) is 0.844. The fourth-order valence-corrected chi connectivity index (χ4v) is 5.17. The number of nitrogens with one attached hydrogen (secondary N) is 1. The van der Waals surface area contributed by atoms with Crippen LogP contribution in [0.5, 0.6) is 0 Å². The maximum atomic E-state index is 13.4. The van der Waals surface area contributed by atoms with Gasteiger partial charge in [-0.3, -0.25) is 4.79 Å². The number of halogens is 1. The lowest BCUT2D eigenvalue weighted by Crippen LogP contribution is -2.36. The Bertz CT molecular complexity index is 863. The Kier molecular flexibility index (Phi) is 4.76. The molecule has 5 nitrogen and oxygen atoms in total. The molecule has 0 unspecified atom stereocenters. The molecule has 1 amide bonds. The maximum absolute atomic E-state index is 13.4. The number of aromatic nitrogens is 2. The van der Waals surface area contributed by atoms with Crippen molar-refractivity contribution >= 4 is 23.5 Å². The lowest BCUT2D eigenvalue weighted by atomic mass is 9.94. The molecule has 7 heteroatoms. The van der Waals surface area contributed by atoms with Gasteiger partial charge in [-0.2, -0.15) is 5.10 Å². The standard InChI is InChI=1S/C20H24FN3O2S/c1-12-17-18(13-4-6-14(21)7-5-13)27-11-16(25)22-19(17)24(23-12)15-8-9-26-20(2,3)10-15/h4-7,15,18H,8-11H2,1-3H3,(H,22,25)/t15-,18+/m0/s1. The number of anilines is 1. The zero-order valence-electron chi connectivity index (χ0n) is 15.8. The number of fused-ring (bicyclic) bond motifs is 1. The molecule has 1 aromatic heterocycles. The van der Waals surface area contributed by atoms with Gasteiger partial charge in [0.05, 0.1) is 28.3 Å². The van der Waals surface area contributed by atoms with Gasteiger partial charge in [-0.25, -0.2) is 9.07 Å². The first-order valence-corrected chi connectivity index (χ1v) is 10.3. The summed E-state index contributed by atoms with van der Waals surface area (Å²) in [6.45, 7) is 6.83. The van der Waals surface area contributed by atoms with Crippen LogP contribution in [-0.2, 0) is 9.53 Å². The minimum Gasteiger partial charge on any atom is -0.375 e. The van der Waals surface area contributed by atoms with Crippen LogP contribution in [0.15, 0.2) is 24.3 Å². The number of ether oxygens (including phenoxy) is 1. The topological polar surface area (TPSA) is 56.2 Å². The molecule has 0 aliphatic carbocycles. The van der Waals surface area contributed by atoms with Crippen molar-refractivity contribution in [3.05, 3.63) is 46.9 Å². The van der Waals surface area contributed by atoms with Crippen molar-refractivity contribution in [1.29, 1.82) is 0 Å². The van der Waals surface area contributed by atoms with Gasteiger partial charge in [-0.05, 0) is 51.3 Å². The van der Waals surface area contributed by atoms with E-state index in [9.17, 15) is 9.18 Å². The first-order valence-electron chi connectivity index (χ1n) is 9.24. The summed E-state index contributed by atoms with van der Waals surface area (Å²) >= 11 is 1.56. The van der Waals surface area contributed by atoms with E-state index in [0.717, 1.165) is 35.5 Å². The van der Waals surface area contributed by atoms with Crippen LogP contribution in [-0.4, -0.2) is 33.6 Å². The Balaban J connectivity index is 1.78. The third-order valence-electron chi connectivity index (χ3n) is 5.22. The van der Waals surface area contributed by atoms with E-state index in [1.807, 2.05) is 11.6 Å². The molecule has 2 aromatic rings. The van der Waals surface area contributed by atoms with Crippen molar-refractivity contribution in [3.63, 3.8) is 0 Å². The largest absolute Gasteiger partial charge is 0.375 e.